The van der Waals surface area contributed by atoms with Gasteiger partial charge in [-0.2, -0.15) is 9.40 Å². The Bertz CT molecular complexity index is 719. The van der Waals surface area contributed by atoms with E-state index in [4.69, 9.17) is 0 Å². The van der Waals surface area contributed by atoms with Crippen LogP contribution in [0.5, 0.6) is 0 Å². The van der Waals surface area contributed by atoms with Gasteiger partial charge in [-0.1, -0.05) is 12.2 Å². The SMILES string of the molecule is Cc1nn(C(C)C)c(C)c1S(=O)(=O)N1CC=CCC1C(=O)O. The van der Waals surface area contributed by atoms with Gasteiger partial charge in [0, 0.05) is 12.6 Å². The largest absolute Gasteiger partial charge is 0.480 e. The molecule has 0 aliphatic carbocycles. The van der Waals surface area contributed by atoms with E-state index in [1.807, 2.05) is 13.8 Å². The predicted octanol–water partition coefficient (Wildman–Crippen LogP) is 1.48. The van der Waals surface area contributed by atoms with Crippen LogP contribution in [0.2, 0.25) is 0 Å². The van der Waals surface area contributed by atoms with E-state index in [9.17, 15) is 18.3 Å². The van der Waals surface area contributed by atoms with Crippen molar-refractivity contribution in [3.05, 3.63) is 23.5 Å². The molecule has 0 fully saturated rings. The van der Waals surface area contributed by atoms with E-state index < -0.39 is 22.0 Å². The zero-order valence-electron chi connectivity index (χ0n) is 13.1. The fraction of sp³-hybridized carbons (Fsp3) is 0.571. The van der Waals surface area contributed by atoms with Crippen molar-refractivity contribution in [1.82, 2.24) is 14.1 Å². The van der Waals surface area contributed by atoms with Crippen LogP contribution in [0.15, 0.2) is 17.0 Å². The Morgan fingerprint density at radius 3 is 2.50 bits per heavy atom. The highest BCUT2D eigenvalue weighted by molar-refractivity contribution is 7.89. The van der Waals surface area contributed by atoms with Crippen LogP contribution in [0.3, 0.4) is 0 Å². The van der Waals surface area contributed by atoms with Crippen molar-refractivity contribution in [1.29, 1.82) is 0 Å². The van der Waals surface area contributed by atoms with Crippen LogP contribution in [0.1, 0.15) is 37.7 Å². The summed E-state index contributed by atoms with van der Waals surface area (Å²) >= 11 is 0. The zero-order valence-corrected chi connectivity index (χ0v) is 14.0. The van der Waals surface area contributed by atoms with E-state index in [0.29, 0.717) is 11.4 Å². The molecule has 22 heavy (non-hydrogen) atoms. The maximum absolute atomic E-state index is 13.0. The van der Waals surface area contributed by atoms with E-state index in [-0.39, 0.29) is 23.9 Å². The molecule has 1 aromatic rings. The van der Waals surface area contributed by atoms with Gasteiger partial charge in [0.2, 0.25) is 10.0 Å². The monoisotopic (exact) mass is 327 g/mol. The topological polar surface area (TPSA) is 92.5 Å². The Balaban J connectivity index is 2.55. The van der Waals surface area contributed by atoms with Gasteiger partial charge < -0.3 is 5.11 Å². The lowest BCUT2D eigenvalue weighted by Crippen LogP contribution is -2.46. The first-order valence-electron chi connectivity index (χ1n) is 7.13. The molecule has 2 rings (SSSR count). The summed E-state index contributed by atoms with van der Waals surface area (Å²) in [4.78, 5) is 11.5. The van der Waals surface area contributed by atoms with Crippen molar-refractivity contribution >= 4 is 16.0 Å². The number of aromatic nitrogens is 2. The van der Waals surface area contributed by atoms with Crippen molar-refractivity contribution in [3.8, 4) is 0 Å². The molecular formula is C14H21N3O4S. The molecule has 7 nitrogen and oxygen atoms in total. The highest BCUT2D eigenvalue weighted by Gasteiger charge is 2.39. The van der Waals surface area contributed by atoms with E-state index in [1.165, 1.54) is 0 Å². The van der Waals surface area contributed by atoms with Gasteiger partial charge in [-0.15, -0.1) is 0 Å². The lowest BCUT2D eigenvalue weighted by molar-refractivity contribution is -0.141. The molecule has 8 heteroatoms. The molecule has 0 amide bonds. The maximum atomic E-state index is 13.0. The molecule has 1 aliphatic rings. The number of aryl methyl sites for hydroxylation is 1. The summed E-state index contributed by atoms with van der Waals surface area (Å²) in [6.45, 7) is 7.22. The highest BCUT2D eigenvalue weighted by Crippen LogP contribution is 2.28. The summed E-state index contributed by atoms with van der Waals surface area (Å²) in [6, 6.07) is -1.05. The van der Waals surface area contributed by atoms with Crippen molar-refractivity contribution in [2.24, 2.45) is 0 Å². The molecule has 0 bridgehead atoms. The maximum Gasteiger partial charge on any atom is 0.322 e. The van der Waals surface area contributed by atoms with Gasteiger partial charge in [0.05, 0.1) is 11.4 Å². The number of hydrogen-bond donors (Lipinski definition) is 1. The smallest absolute Gasteiger partial charge is 0.322 e. The van der Waals surface area contributed by atoms with Gasteiger partial charge in [-0.3, -0.25) is 9.48 Å². The summed E-state index contributed by atoms with van der Waals surface area (Å²) in [6.07, 6.45) is 3.54. The average molecular weight is 327 g/mol. The molecule has 1 atom stereocenters. The Hall–Kier alpha value is -1.67. The number of rotatable bonds is 4. The molecule has 0 aromatic carbocycles. The molecule has 1 N–H and O–H groups in total. The third-order valence-electron chi connectivity index (χ3n) is 3.76. The molecule has 0 saturated heterocycles. The van der Waals surface area contributed by atoms with Crippen molar-refractivity contribution < 1.29 is 18.3 Å². The van der Waals surface area contributed by atoms with Gasteiger partial charge >= 0.3 is 5.97 Å². The van der Waals surface area contributed by atoms with E-state index in [2.05, 4.69) is 5.10 Å². The fourth-order valence-corrected chi connectivity index (χ4v) is 4.69. The predicted molar refractivity (Wildman–Crippen MR) is 81.2 cm³/mol. The van der Waals surface area contributed by atoms with Gasteiger partial charge in [0.25, 0.3) is 0 Å². The van der Waals surface area contributed by atoms with Crippen LogP contribution in [-0.2, 0) is 14.8 Å². The number of carboxylic acid groups (broad SMARTS) is 1. The Labute approximate surface area is 130 Å². The summed E-state index contributed by atoms with van der Waals surface area (Å²) in [7, 11) is -3.91. The number of carboxylic acids is 1. The van der Waals surface area contributed by atoms with E-state index >= 15 is 0 Å². The average Bonchev–Trinajstić information content (AvgIpc) is 2.74. The lowest BCUT2D eigenvalue weighted by Gasteiger charge is -2.29. The number of hydrogen-bond acceptors (Lipinski definition) is 4. The second-order valence-electron chi connectivity index (χ2n) is 5.67. The van der Waals surface area contributed by atoms with Crippen LogP contribution < -0.4 is 0 Å². The zero-order chi connectivity index (χ0) is 16.7. The number of sulfonamides is 1. The standard InChI is InChI=1S/C14H21N3O4S/c1-9(2)17-11(4)13(10(3)15-17)22(20,21)16-8-6-5-7-12(16)14(18)19/h5-6,9,12H,7-8H2,1-4H3,(H,18,19). The van der Waals surface area contributed by atoms with Crippen molar-refractivity contribution in [2.45, 2.75) is 51.1 Å². The second-order valence-corrected chi connectivity index (χ2v) is 7.50. The normalized spacial score (nSPS) is 19.8. The quantitative estimate of drug-likeness (QED) is 0.846. The van der Waals surface area contributed by atoms with Crippen molar-refractivity contribution in [3.63, 3.8) is 0 Å². The minimum atomic E-state index is -3.91. The third-order valence-corrected chi connectivity index (χ3v) is 5.89. The van der Waals surface area contributed by atoms with E-state index in [0.717, 1.165) is 4.31 Å². The van der Waals surface area contributed by atoms with Crippen LogP contribution in [-0.4, -0.2) is 46.2 Å². The molecule has 1 unspecified atom stereocenters. The highest BCUT2D eigenvalue weighted by atomic mass is 32.2. The molecule has 0 radical (unpaired) electrons. The summed E-state index contributed by atoms with van der Waals surface area (Å²) < 4.78 is 28.6. The molecule has 122 valence electrons. The molecule has 2 heterocycles. The summed E-state index contributed by atoms with van der Waals surface area (Å²) in [5.41, 5.74) is 0.927. The summed E-state index contributed by atoms with van der Waals surface area (Å²) in [5.74, 6) is -1.14. The molecule has 0 spiro atoms. The number of nitrogens with zero attached hydrogens (tertiary/aromatic N) is 3. The van der Waals surface area contributed by atoms with Crippen molar-refractivity contribution in [2.75, 3.05) is 6.54 Å². The lowest BCUT2D eigenvalue weighted by atomic mass is 10.1. The van der Waals surface area contributed by atoms with Crippen LogP contribution in [0, 0.1) is 13.8 Å². The molecular weight excluding hydrogens is 306 g/mol. The number of aliphatic carboxylic acids is 1. The first-order valence-corrected chi connectivity index (χ1v) is 8.57. The van der Waals surface area contributed by atoms with Gasteiger partial charge in [0.15, 0.2) is 0 Å². The third kappa shape index (κ3) is 2.68. The Kier molecular flexibility index (Phi) is 4.44. The molecule has 0 saturated carbocycles. The van der Waals surface area contributed by atoms with Gasteiger partial charge in [0.1, 0.15) is 10.9 Å². The van der Waals surface area contributed by atoms with Crippen LogP contribution in [0.4, 0.5) is 0 Å². The van der Waals surface area contributed by atoms with Gasteiger partial charge in [-0.25, -0.2) is 8.42 Å². The Morgan fingerprint density at radius 1 is 1.36 bits per heavy atom. The minimum Gasteiger partial charge on any atom is -0.480 e. The van der Waals surface area contributed by atoms with Crippen LogP contribution in [0.25, 0.3) is 0 Å². The van der Waals surface area contributed by atoms with Gasteiger partial charge in [-0.05, 0) is 34.1 Å². The molecule has 1 aromatic heterocycles. The van der Waals surface area contributed by atoms with Crippen LogP contribution >= 0.6 is 0 Å². The number of carbonyl (C=O) groups is 1. The first-order chi connectivity index (χ1) is 10.2. The second kappa shape index (κ2) is 5.85. The summed E-state index contributed by atoms with van der Waals surface area (Å²) in [5, 5.41) is 13.6. The fourth-order valence-electron chi connectivity index (χ4n) is 2.78. The minimum absolute atomic E-state index is 0.0270. The molecule has 1 aliphatic heterocycles. The van der Waals surface area contributed by atoms with E-state index in [1.54, 1.807) is 30.7 Å². The Morgan fingerprint density at radius 2 is 2.00 bits per heavy atom. The first kappa shape index (κ1) is 16.7.